The molecule has 156 valence electrons. The molecule has 31 heavy (non-hydrogen) atoms. The molecule has 1 aliphatic rings. The van der Waals surface area contributed by atoms with Crippen LogP contribution in [0.4, 0.5) is 0 Å². The van der Waals surface area contributed by atoms with Gasteiger partial charge >= 0.3 is 0 Å². The topological polar surface area (TPSA) is 80.3 Å². The van der Waals surface area contributed by atoms with E-state index in [2.05, 4.69) is 15.2 Å². The maximum absolute atomic E-state index is 12.9. The van der Waals surface area contributed by atoms with Crippen molar-refractivity contribution in [1.82, 2.24) is 20.1 Å². The predicted octanol–water partition coefficient (Wildman–Crippen LogP) is 3.93. The Morgan fingerprint density at radius 1 is 1.10 bits per heavy atom. The van der Waals surface area contributed by atoms with E-state index in [1.165, 1.54) is 0 Å². The highest BCUT2D eigenvalue weighted by Crippen LogP contribution is 2.24. The molecule has 1 unspecified atom stereocenters. The van der Waals surface area contributed by atoms with Crippen LogP contribution < -0.4 is 9.47 Å². The molecular weight excluding hydrogens is 392 g/mol. The van der Waals surface area contributed by atoms with Gasteiger partial charge in [0.05, 0.1) is 24.9 Å². The molecular formula is C24H22N4O3. The van der Waals surface area contributed by atoms with Gasteiger partial charge in [0.15, 0.2) is 0 Å². The second kappa shape index (κ2) is 8.10. The number of pyridine rings is 1. The SMILES string of the molecule is COc1cccc(-c2cc(C(=O)N3CCC(Oc4ccc5ccccc5n4)C3)[nH]n2)c1. The number of fused-ring (bicyclic) bond motifs is 1. The number of aromatic nitrogens is 3. The van der Waals surface area contributed by atoms with E-state index in [0.29, 0.717) is 30.4 Å². The maximum atomic E-state index is 12.9. The third kappa shape index (κ3) is 3.94. The predicted molar refractivity (Wildman–Crippen MR) is 117 cm³/mol. The average molecular weight is 414 g/mol. The molecule has 1 saturated heterocycles. The number of H-pyrrole nitrogens is 1. The highest BCUT2D eigenvalue weighted by atomic mass is 16.5. The van der Waals surface area contributed by atoms with Crippen molar-refractivity contribution < 1.29 is 14.3 Å². The Morgan fingerprint density at radius 2 is 2.00 bits per heavy atom. The molecule has 0 saturated carbocycles. The molecule has 4 aromatic rings. The largest absolute Gasteiger partial charge is 0.497 e. The summed E-state index contributed by atoms with van der Waals surface area (Å²) in [6, 6.07) is 21.2. The van der Waals surface area contributed by atoms with Crippen molar-refractivity contribution in [2.75, 3.05) is 20.2 Å². The van der Waals surface area contributed by atoms with Gasteiger partial charge in [-0.25, -0.2) is 4.98 Å². The lowest BCUT2D eigenvalue weighted by molar-refractivity contribution is 0.0765. The van der Waals surface area contributed by atoms with Crippen molar-refractivity contribution in [3.63, 3.8) is 0 Å². The molecule has 0 radical (unpaired) electrons. The van der Waals surface area contributed by atoms with Crippen molar-refractivity contribution >= 4 is 16.8 Å². The summed E-state index contributed by atoms with van der Waals surface area (Å²) in [5.74, 6) is 1.24. The smallest absolute Gasteiger partial charge is 0.272 e. The summed E-state index contributed by atoms with van der Waals surface area (Å²) in [6.07, 6.45) is 0.676. The minimum atomic E-state index is -0.0848. The van der Waals surface area contributed by atoms with E-state index in [9.17, 15) is 4.79 Å². The van der Waals surface area contributed by atoms with Crippen molar-refractivity contribution in [2.45, 2.75) is 12.5 Å². The second-order valence-corrected chi connectivity index (χ2v) is 7.52. The summed E-state index contributed by atoms with van der Waals surface area (Å²) in [5, 5.41) is 8.24. The van der Waals surface area contributed by atoms with E-state index in [1.54, 1.807) is 18.1 Å². The first-order valence-electron chi connectivity index (χ1n) is 10.2. The normalized spacial score (nSPS) is 15.9. The lowest BCUT2D eigenvalue weighted by Crippen LogP contribution is -2.31. The van der Waals surface area contributed by atoms with Crippen LogP contribution in [0.2, 0.25) is 0 Å². The standard InChI is InChI=1S/C24H22N4O3/c1-30-18-7-4-6-17(13-18)21-14-22(27-26-21)24(29)28-12-11-19(15-28)31-23-10-9-16-5-2-3-8-20(16)25-23/h2-10,13-14,19H,11-12,15H2,1H3,(H,26,27). The quantitative estimate of drug-likeness (QED) is 0.535. The number of benzene rings is 2. The van der Waals surface area contributed by atoms with Crippen molar-refractivity contribution in [1.29, 1.82) is 0 Å². The fraction of sp³-hybridized carbons (Fsp3) is 0.208. The lowest BCUT2D eigenvalue weighted by atomic mass is 10.1. The number of amides is 1. The van der Waals surface area contributed by atoms with Gasteiger partial charge in [-0.3, -0.25) is 9.89 Å². The zero-order valence-corrected chi connectivity index (χ0v) is 17.1. The molecule has 7 nitrogen and oxygen atoms in total. The summed E-state index contributed by atoms with van der Waals surface area (Å²) in [7, 11) is 1.62. The van der Waals surface area contributed by atoms with Gasteiger partial charge in [-0.1, -0.05) is 30.3 Å². The first-order valence-corrected chi connectivity index (χ1v) is 10.2. The summed E-state index contributed by atoms with van der Waals surface area (Å²) in [4.78, 5) is 19.3. The Bertz CT molecular complexity index is 1240. The monoisotopic (exact) mass is 414 g/mol. The zero-order valence-electron chi connectivity index (χ0n) is 17.1. The Labute approximate surface area is 179 Å². The van der Waals surface area contributed by atoms with Crippen LogP contribution in [0.5, 0.6) is 11.6 Å². The lowest BCUT2D eigenvalue weighted by Gasteiger charge is -2.16. The Balaban J connectivity index is 1.25. The van der Waals surface area contributed by atoms with Gasteiger partial charge in [0, 0.05) is 30.0 Å². The van der Waals surface area contributed by atoms with Crippen LogP contribution in [0.15, 0.2) is 66.7 Å². The summed E-state index contributed by atoms with van der Waals surface area (Å²) in [6.45, 7) is 1.14. The number of carbonyl (C=O) groups is 1. The van der Waals surface area contributed by atoms with Gasteiger partial charge in [-0.15, -0.1) is 0 Å². The summed E-state index contributed by atoms with van der Waals surface area (Å²) >= 11 is 0. The number of carbonyl (C=O) groups excluding carboxylic acids is 1. The number of rotatable bonds is 5. The van der Waals surface area contributed by atoms with Crippen molar-refractivity contribution in [3.8, 4) is 22.9 Å². The Kier molecular flexibility index (Phi) is 5.00. The third-order valence-electron chi connectivity index (χ3n) is 5.47. The van der Waals surface area contributed by atoms with Crippen LogP contribution in [0, 0.1) is 0 Å². The Morgan fingerprint density at radius 3 is 2.90 bits per heavy atom. The van der Waals surface area contributed by atoms with Crippen LogP contribution >= 0.6 is 0 Å². The molecule has 1 atom stereocenters. The van der Waals surface area contributed by atoms with Gasteiger partial charge in [-0.2, -0.15) is 5.10 Å². The summed E-state index contributed by atoms with van der Waals surface area (Å²) < 4.78 is 11.3. The highest BCUT2D eigenvalue weighted by molar-refractivity contribution is 5.93. The molecule has 7 heteroatoms. The minimum absolute atomic E-state index is 0.0841. The van der Waals surface area contributed by atoms with Gasteiger partial charge in [0.1, 0.15) is 17.5 Å². The molecule has 0 spiro atoms. The maximum Gasteiger partial charge on any atom is 0.272 e. The van der Waals surface area contributed by atoms with Crippen LogP contribution in [-0.2, 0) is 0 Å². The molecule has 2 aromatic carbocycles. The number of nitrogens with zero attached hydrogens (tertiary/aromatic N) is 3. The van der Waals surface area contributed by atoms with Crippen LogP contribution in [-0.4, -0.2) is 52.3 Å². The van der Waals surface area contributed by atoms with E-state index in [0.717, 1.165) is 28.6 Å². The number of methoxy groups -OCH3 is 1. The molecule has 1 aliphatic heterocycles. The fourth-order valence-corrected chi connectivity index (χ4v) is 3.82. The number of hydrogen-bond donors (Lipinski definition) is 1. The van der Waals surface area contributed by atoms with Crippen LogP contribution in [0.25, 0.3) is 22.2 Å². The molecule has 1 N–H and O–H groups in total. The number of aromatic amines is 1. The number of ether oxygens (including phenoxy) is 2. The number of para-hydroxylation sites is 1. The number of nitrogens with one attached hydrogen (secondary N) is 1. The number of hydrogen-bond acceptors (Lipinski definition) is 5. The van der Waals surface area contributed by atoms with Gasteiger partial charge in [-0.05, 0) is 30.3 Å². The van der Waals surface area contributed by atoms with E-state index in [4.69, 9.17) is 9.47 Å². The highest BCUT2D eigenvalue weighted by Gasteiger charge is 2.29. The number of likely N-dealkylation sites (tertiary alicyclic amines) is 1. The van der Waals surface area contributed by atoms with Gasteiger partial charge < -0.3 is 14.4 Å². The second-order valence-electron chi connectivity index (χ2n) is 7.52. The van der Waals surface area contributed by atoms with E-state index >= 15 is 0 Å². The molecule has 2 aromatic heterocycles. The van der Waals surface area contributed by atoms with Crippen LogP contribution in [0.1, 0.15) is 16.9 Å². The molecule has 0 bridgehead atoms. The summed E-state index contributed by atoms with van der Waals surface area (Å²) in [5.41, 5.74) is 2.95. The fourth-order valence-electron chi connectivity index (χ4n) is 3.82. The van der Waals surface area contributed by atoms with Gasteiger partial charge in [0.2, 0.25) is 5.88 Å². The van der Waals surface area contributed by atoms with Gasteiger partial charge in [0.25, 0.3) is 5.91 Å². The van der Waals surface area contributed by atoms with Crippen molar-refractivity contribution in [3.05, 3.63) is 72.4 Å². The first kappa shape index (κ1) is 19.1. The average Bonchev–Trinajstić information content (AvgIpc) is 3.49. The molecule has 3 heterocycles. The minimum Gasteiger partial charge on any atom is -0.497 e. The Hall–Kier alpha value is -3.87. The molecule has 5 rings (SSSR count). The molecule has 0 aliphatic carbocycles. The van der Waals surface area contributed by atoms with E-state index in [-0.39, 0.29) is 12.0 Å². The molecule has 1 fully saturated rings. The van der Waals surface area contributed by atoms with E-state index < -0.39 is 0 Å². The molecule has 1 amide bonds. The third-order valence-corrected chi connectivity index (χ3v) is 5.47. The van der Waals surface area contributed by atoms with E-state index in [1.807, 2.05) is 60.7 Å². The van der Waals surface area contributed by atoms with Crippen molar-refractivity contribution in [2.24, 2.45) is 0 Å². The first-order chi connectivity index (χ1) is 15.2. The van der Waals surface area contributed by atoms with Crippen LogP contribution in [0.3, 0.4) is 0 Å². The zero-order chi connectivity index (χ0) is 21.2.